The molecule has 2 rings (SSSR count). The molecule has 2 atom stereocenters. The van der Waals surface area contributed by atoms with Gasteiger partial charge in [0, 0.05) is 24.2 Å². The molecule has 0 spiro atoms. The van der Waals surface area contributed by atoms with Gasteiger partial charge in [-0.15, -0.1) is 0 Å². The molecule has 0 aromatic carbocycles. The van der Waals surface area contributed by atoms with Crippen LogP contribution in [0.25, 0.3) is 0 Å². The zero-order valence-electron chi connectivity index (χ0n) is 6.72. The molecule has 2 heteroatoms. The SMILES string of the molecule is C[C@]12CC[C@H]1C(=O)CCC2=O. The van der Waals surface area contributed by atoms with Crippen LogP contribution in [0.15, 0.2) is 0 Å². The van der Waals surface area contributed by atoms with Gasteiger partial charge in [-0.05, 0) is 12.8 Å². The van der Waals surface area contributed by atoms with Gasteiger partial charge in [0.2, 0.25) is 0 Å². The lowest BCUT2D eigenvalue weighted by Gasteiger charge is -2.47. The number of rotatable bonds is 0. The predicted molar refractivity (Wildman–Crippen MR) is 40.1 cm³/mol. The Labute approximate surface area is 66.0 Å². The Hall–Kier alpha value is -0.660. The van der Waals surface area contributed by atoms with E-state index in [1.165, 1.54) is 0 Å². The van der Waals surface area contributed by atoms with Crippen molar-refractivity contribution >= 4 is 11.6 Å². The minimum atomic E-state index is -0.241. The highest BCUT2D eigenvalue weighted by Crippen LogP contribution is 2.51. The molecule has 2 fully saturated rings. The third kappa shape index (κ3) is 0.725. The quantitative estimate of drug-likeness (QED) is 0.524. The van der Waals surface area contributed by atoms with Crippen molar-refractivity contribution < 1.29 is 9.59 Å². The Morgan fingerprint density at radius 2 is 2.09 bits per heavy atom. The molecule has 0 aliphatic heterocycles. The fourth-order valence-corrected chi connectivity index (χ4v) is 2.27. The van der Waals surface area contributed by atoms with Gasteiger partial charge < -0.3 is 0 Å². The molecule has 2 saturated carbocycles. The van der Waals surface area contributed by atoms with Gasteiger partial charge in [-0.2, -0.15) is 0 Å². The maximum Gasteiger partial charge on any atom is 0.139 e. The summed E-state index contributed by atoms with van der Waals surface area (Å²) in [5.74, 6) is 0.718. The standard InChI is InChI=1S/C9H12O2/c1-9-5-4-6(9)7(10)2-3-8(9)11/h6H,2-5H2,1H3/t6-,9-/m0/s1. The monoisotopic (exact) mass is 152 g/mol. The number of carbonyl (C=O) groups is 2. The summed E-state index contributed by atoms with van der Waals surface area (Å²) >= 11 is 0. The number of Topliss-reactive ketones (excluding diaryl/α,β-unsaturated/α-hetero) is 2. The van der Waals surface area contributed by atoms with E-state index in [-0.39, 0.29) is 11.3 Å². The van der Waals surface area contributed by atoms with Crippen LogP contribution in [0.2, 0.25) is 0 Å². The van der Waals surface area contributed by atoms with E-state index in [0.29, 0.717) is 24.4 Å². The van der Waals surface area contributed by atoms with Gasteiger partial charge in [0.25, 0.3) is 0 Å². The molecular formula is C9H12O2. The van der Waals surface area contributed by atoms with Gasteiger partial charge in [-0.3, -0.25) is 9.59 Å². The van der Waals surface area contributed by atoms with Crippen molar-refractivity contribution in [1.29, 1.82) is 0 Å². The van der Waals surface area contributed by atoms with E-state index in [1.54, 1.807) is 0 Å². The molecule has 0 aromatic heterocycles. The van der Waals surface area contributed by atoms with Gasteiger partial charge >= 0.3 is 0 Å². The zero-order valence-corrected chi connectivity index (χ0v) is 6.72. The first-order valence-electron chi connectivity index (χ1n) is 4.20. The molecule has 2 aliphatic rings. The Balaban J connectivity index is 2.28. The van der Waals surface area contributed by atoms with Gasteiger partial charge in [0.15, 0.2) is 0 Å². The Morgan fingerprint density at radius 3 is 2.55 bits per heavy atom. The zero-order chi connectivity index (χ0) is 8.06. The predicted octanol–water partition coefficient (Wildman–Crippen LogP) is 1.33. The molecule has 0 saturated heterocycles. The third-order valence-corrected chi connectivity index (χ3v) is 3.35. The second-order valence-electron chi connectivity index (χ2n) is 3.90. The van der Waals surface area contributed by atoms with Crippen molar-refractivity contribution in [3.05, 3.63) is 0 Å². The number of hydrogen-bond acceptors (Lipinski definition) is 2. The van der Waals surface area contributed by atoms with Crippen LogP contribution in [0.5, 0.6) is 0 Å². The van der Waals surface area contributed by atoms with Crippen molar-refractivity contribution in [1.82, 2.24) is 0 Å². The minimum Gasteiger partial charge on any atom is -0.299 e. The van der Waals surface area contributed by atoms with Crippen LogP contribution in [0, 0.1) is 11.3 Å². The Kier molecular flexibility index (Phi) is 1.23. The highest BCUT2D eigenvalue weighted by molar-refractivity contribution is 6.00. The summed E-state index contributed by atoms with van der Waals surface area (Å²) in [5, 5.41) is 0. The van der Waals surface area contributed by atoms with Crippen LogP contribution in [0.3, 0.4) is 0 Å². The van der Waals surface area contributed by atoms with E-state index in [2.05, 4.69) is 0 Å². The number of fused-ring (bicyclic) bond motifs is 1. The smallest absolute Gasteiger partial charge is 0.139 e. The van der Waals surface area contributed by atoms with Crippen LogP contribution in [-0.2, 0) is 9.59 Å². The van der Waals surface area contributed by atoms with Gasteiger partial charge in [0.05, 0.1) is 0 Å². The van der Waals surface area contributed by atoms with Crippen LogP contribution in [-0.4, -0.2) is 11.6 Å². The molecular weight excluding hydrogens is 140 g/mol. The van der Waals surface area contributed by atoms with E-state index < -0.39 is 0 Å². The second-order valence-corrected chi connectivity index (χ2v) is 3.90. The first-order chi connectivity index (χ1) is 5.14. The van der Waals surface area contributed by atoms with E-state index in [4.69, 9.17) is 0 Å². The van der Waals surface area contributed by atoms with E-state index in [0.717, 1.165) is 12.8 Å². The molecule has 0 radical (unpaired) electrons. The van der Waals surface area contributed by atoms with Crippen molar-refractivity contribution in [2.75, 3.05) is 0 Å². The maximum atomic E-state index is 11.4. The Morgan fingerprint density at radius 1 is 1.36 bits per heavy atom. The fourth-order valence-electron chi connectivity index (χ4n) is 2.27. The molecule has 0 unspecified atom stereocenters. The highest BCUT2D eigenvalue weighted by Gasteiger charge is 2.53. The van der Waals surface area contributed by atoms with Crippen molar-refractivity contribution in [2.45, 2.75) is 32.6 Å². The summed E-state index contributed by atoms with van der Waals surface area (Å²) in [4.78, 5) is 22.6. The van der Waals surface area contributed by atoms with Gasteiger partial charge in [-0.1, -0.05) is 6.92 Å². The molecule has 2 nitrogen and oxygen atoms in total. The normalized spacial score (nSPS) is 43.2. The first-order valence-corrected chi connectivity index (χ1v) is 4.20. The topological polar surface area (TPSA) is 34.1 Å². The van der Waals surface area contributed by atoms with E-state index in [1.807, 2.05) is 6.92 Å². The van der Waals surface area contributed by atoms with Crippen LogP contribution < -0.4 is 0 Å². The molecule has 60 valence electrons. The number of ketones is 2. The maximum absolute atomic E-state index is 11.4. The lowest BCUT2D eigenvalue weighted by molar-refractivity contribution is -0.153. The highest BCUT2D eigenvalue weighted by atomic mass is 16.1. The average molecular weight is 152 g/mol. The summed E-state index contributed by atoms with van der Waals surface area (Å²) < 4.78 is 0. The molecule has 0 amide bonds. The van der Waals surface area contributed by atoms with E-state index in [9.17, 15) is 9.59 Å². The summed E-state index contributed by atoms with van der Waals surface area (Å²) in [6.07, 6.45) is 2.87. The Bertz CT molecular complexity index is 232. The summed E-state index contributed by atoms with van der Waals surface area (Å²) in [7, 11) is 0. The third-order valence-electron chi connectivity index (χ3n) is 3.35. The van der Waals surface area contributed by atoms with Crippen LogP contribution >= 0.6 is 0 Å². The van der Waals surface area contributed by atoms with Crippen LogP contribution in [0.1, 0.15) is 32.6 Å². The van der Waals surface area contributed by atoms with Crippen LogP contribution in [0.4, 0.5) is 0 Å². The lowest BCUT2D eigenvalue weighted by Crippen LogP contribution is -2.51. The molecule has 11 heavy (non-hydrogen) atoms. The molecule has 0 aromatic rings. The number of carbonyl (C=O) groups excluding carboxylic acids is 2. The van der Waals surface area contributed by atoms with Crippen molar-refractivity contribution in [2.24, 2.45) is 11.3 Å². The lowest BCUT2D eigenvalue weighted by atomic mass is 9.54. The van der Waals surface area contributed by atoms with Gasteiger partial charge in [0.1, 0.15) is 11.6 Å². The average Bonchev–Trinajstić information content (AvgIpc) is 1.94. The van der Waals surface area contributed by atoms with Gasteiger partial charge in [-0.25, -0.2) is 0 Å². The molecule has 0 N–H and O–H groups in total. The summed E-state index contributed by atoms with van der Waals surface area (Å²) in [5.41, 5.74) is -0.241. The largest absolute Gasteiger partial charge is 0.299 e. The second kappa shape index (κ2) is 1.93. The van der Waals surface area contributed by atoms with E-state index >= 15 is 0 Å². The molecule has 0 heterocycles. The molecule has 2 aliphatic carbocycles. The summed E-state index contributed by atoms with van der Waals surface area (Å²) in [6.45, 7) is 1.94. The molecule has 0 bridgehead atoms. The summed E-state index contributed by atoms with van der Waals surface area (Å²) in [6, 6.07) is 0. The minimum absolute atomic E-state index is 0.0868. The van der Waals surface area contributed by atoms with Crippen molar-refractivity contribution in [3.8, 4) is 0 Å². The van der Waals surface area contributed by atoms with Crippen molar-refractivity contribution in [3.63, 3.8) is 0 Å². The first kappa shape index (κ1) is 7.01. The number of hydrogen-bond donors (Lipinski definition) is 0. The fraction of sp³-hybridized carbons (Fsp3) is 0.778.